The van der Waals surface area contributed by atoms with E-state index in [-0.39, 0.29) is 5.92 Å². The molecule has 1 rings (SSSR count). The van der Waals surface area contributed by atoms with Crippen molar-refractivity contribution in [3.05, 3.63) is 23.3 Å². The molecule has 0 aromatic heterocycles. The van der Waals surface area contributed by atoms with Crippen molar-refractivity contribution in [3.63, 3.8) is 0 Å². The van der Waals surface area contributed by atoms with Crippen LogP contribution in [0.5, 0.6) is 0 Å². The van der Waals surface area contributed by atoms with Crippen molar-refractivity contribution in [1.29, 1.82) is 5.26 Å². The summed E-state index contributed by atoms with van der Waals surface area (Å²) in [6.45, 7) is 3.53. The van der Waals surface area contributed by atoms with Crippen LogP contribution in [-0.2, 0) is 0 Å². The van der Waals surface area contributed by atoms with Crippen molar-refractivity contribution in [1.82, 2.24) is 0 Å². The third kappa shape index (κ3) is 1.48. The summed E-state index contributed by atoms with van der Waals surface area (Å²) in [5.41, 5.74) is 1.35. The molecule has 0 saturated carbocycles. The Bertz CT molecular complexity index is 257. The number of hydrogen-bond acceptors (Lipinski definition) is 1. The van der Waals surface area contributed by atoms with Gasteiger partial charge in [-0.3, -0.25) is 0 Å². The first kappa shape index (κ1) is 8.00. The Kier molecular flexibility index (Phi) is 2.09. The lowest BCUT2D eigenvalue weighted by molar-refractivity contribution is 0.331. The number of nitriles is 1. The molecule has 1 aliphatic carbocycles. The molecule has 0 saturated heterocycles. The van der Waals surface area contributed by atoms with Gasteiger partial charge < -0.3 is 0 Å². The van der Waals surface area contributed by atoms with Gasteiger partial charge in [-0.15, -0.1) is 0 Å². The minimum absolute atomic E-state index is 0.159. The van der Waals surface area contributed by atoms with E-state index in [9.17, 15) is 4.39 Å². The second kappa shape index (κ2) is 2.87. The number of allylic oxidation sites excluding steroid dienone is 4. The summed E-state index contributed by atoms with van der Waals surface area (Å²) >= 11 is 0. The van der Waals surface area contributed by atoms with Crippen molar-refractivity contribution in [2.45, 2.75) is 20.0 Å². The van der Waals surface area contributed by atoms with E-state index in [1.165, 1.54) is 6.08 Å². The van der Waals surface area contributed by atoms with Crippen molar-refractivity contribution in [2.24, 2.45) is 5.92 Å². The molecule has 0 amide bonds. The molecule has 0 aromatic rings. The van der Waals surface area contributed by atoms with Gasteiger partial charge in [0.05, 0.1) is 11.6 Å². The molecular formula is C9H10FN. The number of nitrogens with zero attached hydrogens (tertiary/aromatic N) is 1. The maximum absolute atomic E-state index is 12.9. The maximum atomic E-state index is 12.9. The third-order valence-corrected chi connectivity index (χ3v) is 1.89. The highest BCUT2D eigenvalue weighted by Gasteiger charge is 2.18. The Morgan fingerprint density at radius 2 is 2.18 bits per heavy atom. The molecule has 0 N–H and O–H groups in total. The van der Waals surface area contributed by atoms with E-state index in [0.717, 1.165) is 5.57 Å². The smallest absolute Gasteiger partial charge is 0.125 e. The SMILES string of the molecule is CC1=CC(F)C(C)C=C1C#N. The molecule has 0 aromatic carbocycles. The molecule has 11 heavy (non-hydrogen) atoms. The van der Waals surface area contributed by atoms with Crippen LogP contribution in [0.25, 0.3) is 0 Å². The minimum Gasteiger partial charge on any atom is -0.242 e. The Morgan fingerprint density at radius 1 is 1.55 bits per heavy atom. The van der Waals surface area contributed by atoms with Crippen LogP contribution in [0.4, 0.5) is 4.39 Å². The van der Waals surface area contributed by atoms with Crippen LogP contribution >= 0.6 is 0 Å². The molecule has 0 heterocycles. The highest BCUT2D eigenvalue weighted by Crippen LogP contribution is 2.23. The first-order valence-electron chi connectivity index (χ1n) is 3.60. The van der Waals surface area contributed by atoms with Gasteiger partial charge in [-0.2, -0.15) is 5.26 Å². The van der Waals surface area contributed by atoms with E-state index in [0.29, 0.717) is 5.57 Å². The van der Waals surface area contributed by atoms with Crippen LogP contribution in [0, 0.1) is 17.2 Å². The van der Waals surface area contributed by atoms with Gasteiger partial charge in [0.1, 0.15) is 6.17 Å². The third-order valence-electron chi connectivity index (χ3n) is 1.89. The van der Waals surface area contributed by atoms with Gasteiger partial charge in [-0.05, 0) is 18.6 Å². The highest BCUT2D eigenvalue weighted by molar-refractivity contribution is 5.44. The van der Waals surface area contributed by atoms with E-state index in [2.05, 4.69) is 0 Å². The second-order valence-electron chi connectivity index (χ2n) is 2.85. The van der Waals surface area contributed by atoms with Crippen LogP contribution < -0.4 is 0 Å². The quantitative estimate of drug-likeness (QED) is 0.521. The van der Waals surface area contributed by atoms with Crippen molar-refractivity contribution >= 4 is 0 Å². The lowest BCUT2D eigenvalue weighted by Gasteiger charge is -2.16. The molecule has 58 valence electrons. The number of rotatable bonds is 0. The summed E-state index contributed by atoms with van der Waals surface area (Å²) in [6.07, 6.45) is 2.26. The van der Waals surface area contributed by atoms with E-state index in [1.807, 2.05) is 6.07 Å². The van der Waals surface area contributed by atoms with E-state index in [1.54, 1.807) is 19.9 Å². The van der Waals surface area contributed by atoms with E-state index < -0.39 is 6.17 Å². The monoisotopic (exact) mass is 151 g/mol. The molecule has 0 aliphatic heterocycles. The molecule has 0 radical (unpaired) electrons. The molecule has 1 nitrogen and oxygen atoms in total. The fourth-order valence-corrected chi connectivity index (χ4v) is 1.09. The lowest BCUT2D eigenvalue weighted by atomic mass is 9.92. The fourth-order valence-electron chi connectivity index (χ4n) is 1.09. The molecule has 0 bridgehead atoms. The predicted molar refractivity (Wildman–Crippen MR) is 41.5 cm³/mol. The largest absolute Gasteiger partial charge is 0.242 e. The second-order valence-corrected chi connectivity index (χ2v) is 2.85. The minimum atomic E-state index is -0.924. The van der Waals surface area contributed by atoms with Crippen LogP contribution in [0.1, 0.15) is 13.8 Å². The lowest BCUT2D eigenvalue weighted by Crippen LogP contribution is -2.12. The van der Waals surface area contributed by atoms with Gasteiger partial charge in [0, 0.05) is 5.92 Å². The predicted octanol–water partition coefficient (Wildman–Crippen LogP) is 2.37. The van der Waals surface area contributed by atoms with Gasteiger partial charge in [0.15, 0.2) is 0 Å². The molecule has 2 atom stereocenters. The molecule has 1 aliphatic rings. The molecule has 2 unspecified atom stereocenters. The first-order chi connectivity index (χ1) is 5.15. The molecule has 2 heteroatoms. The van der Waals surface area contributed by atoms with Crippen LogP contribution in [0.2, 0.25) is 0 Å². The zero-order chi connectivity index (χ0) is 8.43. The maximum Gasteiger partial charge on any atom is 0.125 e. The Hall–Kier alpha value is -1.10. The zero-order valence-electron chi connectivity index (χ0n) is 6.63. The Labute approximate surface area is 65.8 Å². The number of alkyl halides is 1. The van der Waals surface area contributed by atoms with Crippen LogP contribution in [-0.4, -0.2) is 6.17 Å². The molecular weight excluding hydrogens is 141 g/mol. The summed E-state index contributed by atoms with van der Waals surface area (Å²) in [7, 11) is 0. The van der Waals surface area contributed by atoms with Gasteiger partial charge in [0.2, 0.25) is 0 Å². The van der Waals surface area contributed by atoms with Crippen molar-refractivity contribution in [3.8, 4) is 6.07 Å². The van der Waals surface area contributed by atoms with Gasteiger partial charge in [0.25, 0.3) is 0 Å². The number of hydrogen-bond donors (Lipinski definition) is 0. The normalized spacial score (nSPS) is 30.4. The highest BCUT2D eigenvalue weighted by atomic mass is 19.1. The number of halogens is 1. The van der Waals surface area contributed by atoms with Crippen molar-refractivity contribution < 1.29 is 4.39 Å². The Morgan fingerprint density at radius 3 is 2.73 bits per heavy atom. The standard InChI is InChI=1S/C9H10FN/c1-6-4-9(10)7(2)3-8(6)5-11/h3-4,7,9H,1-2H3. The molecule has 0 fully saturated rings. The topological polar surface area (TPSA) is 23.8 Å². The summed E-state index contributed by atoms with van der Waals surface area (Å²) in [5.74, 6) is -0.159. The van der Waals surface area contributed by atoms with Gasteiger partial charge >= 0.3 is 0 Å². The average Bonchev–Trinajstić information content (AvgIpc) is 1.97. The average molecular weight is 151 g/mol. The summed E-state index contributed by atoms with van der Waals surface area (Å²) in [5, 5.41) is 8.58. The summed E-state index contributed by atoms with van der Waals surface area (Å²) in [4.78, 5) is 0. The van der Waals surface area contributed by atoms with E-state index >= 15 is 0 Å². The van der Waals surface area contributed by atoms with Crippen LogP contribution in [0.15, 0.2) is 23.3 Å². The fraction of sp³-hybridized carbons (Fsp3) is 0.444. The first-order valence-corrected chi connectivity index (χ1v) is 3.60. The summed E-state index contributed by atoms with van der Waals surface area (Å²) in [6, 6.07) is 2.03. The summed E-state index contributed by atoms with van der Waals surface area (Å²) < 4.78 is 12.9. The van der Waals surface area contributed by atoms with Gasteiger partial charge in [-0.25, -0.2) is 4.39 Å². The van der Waals surface area contributed by atoms with Crippen molar-refractivity contribution in [2.75, 3.05) is 0 Å². The van der Waals surface area contributed by atoms with Gasteiger partial charge in [-0.1, -0.05) is 13.0 Å². The zero-order valence-corrected chi connectivity index (χ0v) is 6.63. The van der Waals surface area contributed by atoms with E-state index in [4.69, 9.17) is 5.26 Å². The Balaban J connectivity index is 2.94. The molecule has 0 spiro atoms. The van der Waals surface area contributed by atoms with Crippen LogP contribution in [0.3, 0.4) is 0 Å².